The Bertz CT molecular complexity index is 466. The number of amides is 1. The van der Waals surface area contributed by atoms with Crippen LogP contribution < -0.4 is 10.9 Å². The zero-order chi connectivity index (χ0) is 13.0. The first-order valence-corrected chi connectivity index (χ1v) is 6.32. The molecule has 1 N–H and O–H groups in total. The van der Waals surface area contributed by atoms with E-state index in [2.05, 4.69) is 21.2 Å². The Morgan fingerprint density at radius 2 is 2.18 bits per heavy atom. The first kappa shape index (κ1) is 14.0. The van der Waals surface area contributed by atoms with Gasteiger partial charge in [-0.25, -0.2) is 0 Å². The summed E-state index contributed by atoms with van der Waals surface area (Å²) < 4.78 is 1.89. The van der Waals surface area contributed by atoms with E-state index in [9.17, 15) is 9.59 Å². The van der Waals surface area contributed by atoms with Gasteiger partial charge in [0, 0.05) is 12.7 Å². The van der Waals surface area contributed by atoms with Crippen molar-refractivity contribution in [3.05, 3.63) is 32.7 Å². The molecule has 0 bridgehead atoms. The minimum Gasteiger partial charge on any atom is -0.354 e. The number of carbonyl (C=O) groups excluding carboxylic acids is 1. The number of halogens is 1. The average molecular weight is 301 g/mol. The lowest BCUT2D eigenvalue weighted by molar-refractivity contribution is -0.121. The zero-order valence-corrected chi connectivity index (χ0v) is 11.9. The second-order valence-electron chi connectivity index (χ2n) is 4.50. The van der Waals surface area contributed by atoms with Crippen molar-refractivity contribution in [2.24, 2.45) is 5.92 Å². The molecule has 0 radical (unpaired) electrons. The van der Waals surface area contributed by atoms with Crippen molar-refractivity contribution in [3.8, 4) is 0 Å². The molecule has 94 valence electrons. The summed E-state index contributed by atoms with van der Waals surface area (Å²) in [5.74, 6) is 0.262. The molecule has 1 aromatic heterocycles. The maximum absolute atomic E-state index is 11.7. The smallest absolute Gasteiger partial charge is 0.265 e. The summed E-state index contributed by atoms with van der Waals surface area (Å²) in [4.78, 5) is 23.3. The summed E-state index contributed by atoms with van der Waals surface area (Å²) in [6.45, 7) is 6.62. The molecular formula is C12H17BrN2O2. The Kier molecular flexibility index (Phi) is 4.93. The molecule has 0 spiro atoms. The third-order valence-electron chi connectivity index (χ3n) is 2.20. The van der Waals surface area contributed by atoms with Crippen LogP contribution >= 0.6 is 15.9 Å². The number of hydrogen-bond acceptors (Lipinski definition) is 2. The molecule has 0 atom stereocenters. The van der Waals surface area contributed by atoms with E-state index < -0.39 is 0 Å². The van der Waals surface area contributed by atoms with Crippen molar-refractivity contribution in [2.45, 2.75) is 27.3 Å². The molecule has 0 aromatic carbocycles. The van der Waals surface area contributed by atoms with Gasteiger partial charge in [-0.1, -0.05) is 13.8 Å². The van der Waals surface area contributed by atoms with E-state index in [-0.39, 0.29) is 18.0 Å². The number of rotatable bonds is 4. The van der Waals surface area contributed by atoms with Crippen LogP contribution in [0.3, 0.4) is 0 Å². The second-order valence-corrected chi connectivity index (χ2v) is 5.35. The SMILES string of the molecule is Cc1cc(Br)c(=O)n(CC(=O)NCC(C)C)c1. The molecule has 0 unspecified atom stereocenters. The van der Waals surface area contributed by atoms with Gasteiger partial charge in [0.1, 0.15) is 6.54 Å². The lowest BCUT2D eigenvalue weighted by atomic mass is 10.2. The van der Waals surface area contributed by atoms with E-state index in [1.165, 1.54) is 4.57 Å². The fourth-order valence-corrected chi connectivity index (χ4v) is 1.98. The summed E-state index contributed by atoms with van der Waals surface area (Å²) in [7, 11) is 0. The Hall–Kier alpha value is -1.10. The van der Waals surface area contributed by atoms with Crippen LogP contribution in [0.15, 0.2) is 21.5 Å². The quantitative estimate of drug-likeness (QED) is 0.920. The van der Waals surface area contributed by atoms with Gasteiger partial charge in [-0.15, -0.1) is 0 Å². The van der Waals surface area contributed by atoms with Gasteiger partial charge in [-0.2, -0.15) is 0 Å². The molecule has 17 heavy (non-hydrogen) atoms. The van der Waals surface area contributed by atoms with Crippen molar-refractivity contribution in [1.82, 2.24) is 9.88 Å². The summed E-state index contributed by atoms with van der Waals surface area (Å²) >= 11 is 3.18. The molecule has 1 rings (SSSR count). The van der Waals surface area contributed by atoms with Gasteiger partial charge in [0.15, 0.2) is 0 Å². The Morgan fingerprint density at radius 1 is 1.53 bits per heavy atom. The Balaban J connectivity index is 2.75. The van der Waals surface area contributed by atoms with Crippen LogP contribution in [-0.2, 0) is 11.3 Å². The van der Waals surface area contributed by atoms with Crippen molar-refractivity contribution in [1.29, 1.82) is 0 Å². The van der Waals surface area contributed by atoms with Crippen molar-refractivity contribution < 1.29 is 4.79 Å². The third-order valence-corrected chi connectivity index (χ3v) is 2.77. The number of hydrogen-bond donors (Lipinski definition) is 1. The maximum Gasteiger partial charge on any atom is 0.265 e. The Labute approximate surface area is 109 Å². The topological polar surface area (TPSA) is 51.1 Å². The van der Waals surface area contributed by atoms with Crippen LogP contribution in [0, 0.1) is 12.8 Å². The van der Waals surface area contributed by atoms with Gasteiger partial charge >= 0.3 is 0 Å². The fraction of sp³-hybridized carbons (Fsp3) is 0.500. The van der Waals surface area contributed by atoms with Crippen LogP contribution in [0.5, 0.6) is 0 Å². The minimum absolute atomic E-state index is 0.0613. The highest BCUT2D eigenvalue weighted by molar-refractivity contribution is 9.10. The highest BCUT2D eigenvalue weighted by Crippen LogP contribution is 2.05. The number of carbonyl (C=O) groups is 1. The lowest BCUT2D eigenvalue weighted by Crippen LogP contribution is -2.34. The van der Waals surface area contributed by atoms with Gasteiger partial charge in [0.2, 0.25) is 5.91 Å². The molecule has 0 saturated carbocycles. The molecule has 5 heteroatoms. The van der Waals surface area contributed by atoms with Gasteiger partial charge in [0.25, 0.3) is 5.56 Å². The zero-order valence-electron chi connectivity index (χ0n) is 10.3. The van der Waals surface area contributed by atoms with Crippen molar-refractivity contribution >= 4 is 21.8 Å². The minimum atomic E-state index is -0.185. The normalized spacial score (nSPS) is 10.6. The predicted octanol–water partition coefficient (Wildman–Crippen LogP) is 1.69. The highest BCUT2D eigenvalue weighted by Gasteiger charge is 2.07. The molecule has 1 amide bonds. The number of aromatic nitrogens is 1. The number of nitrogens with zero attached hydrogens (tertiary/aromatic N) is 1. The largest absolute Gasteiger partial charge is 0.354 e. The standard InChI is InChI=1S/C12H17BrN2O2/c1-8(2)5-14-11(16)7-15-6-9(3)4-10(13)12(15)17/h4,6,8H,5,7H2,1-3H3,(H,14,16). The van der Waals surface area contributed by atoms with Crippen LogP contribution in [-0.4, -0.2) is 17.0 Å². The van der Waals surface area contributed by atoms with Crippen LogP contribution in [0.1, 0.15) is 19.4 Å². The summed E-state index contributed by atoms with van der Waals surface area (Å²) in [6.07, 6.45) is 1.68. The van der Waals surface area contributed by atoms with Gasteiger partial charge in [-0.3, -0.25) is 9.59 Å². The predicted molar refractivity (Wildman–Crippen MR) is 71.0 cm³/mol. The summed E-state index contributed by atoms with van der Waals surface area (Å²) in [5, 5.41) is 2.78. The maximum atomic E-state index is 11.7. The van der Waals surface area contributed by atoms with Gasteiger partial charge < -0.3 is 9.88 Å². The molecular weight excluding hydrogens is 284 g/mol. The highest BCUT2D eigenvalue weighted by atomic mass is 79.9. The third kappa shape index (κ3) is 4.34. The monoisotopic (exact) mass is 300 g/mol. The second kappa shape index (κ2) is 6.00. The summed E-state index contributed by atoms with van der Waals surface area (Å²) in [6, 6.07) is 1.74. The van der Waals surface area contributed by atoms with Crippen molar-refractivity contribution in [2.75, 3.05) is 6.54 Å². The van der Waals surface area contributed by atoms with Gasteiger partial charge in [0.05, 0.1) is 4.47 Å². The lowest BCUT2D eigenvalue weighted by Gasteiger charge is -2.10. The van der Waals surface area contributed by atoms with E-state index in [1.807, 2.05) is 20.8 Å². The van der Waals surface area contributed by atoms with E-state index in [1.54, 1.807) is 12.3 Å². The fourth-order valence-electron chi connectivity index (χ4n) is 1.39. The van der Waals surface area contributed by atoms with E-state index in [0.29, 0.717) is 16.9 Å². The van der Waals surface area contributed by atoms with Crippen molar-refractivity contribution in [3.63, 3.8) is 0 Å². The average Bonchev–Trinajstić information content (AvgIpc) is 2.22. The first-order chi connectivity index (χ1) is 7.90. The number of pyridine rings is 1. The number of nitrogens with one attached hydrogen (secondary N) is 1. The molecule has 1 aromatic rings. The van der Waals surface area contributed by atoms with E-state index in [4.69, 9.17) is 0 Å². The molecule has 1 heterocycles. The van der Waals surface area contributed by atoms with Gasteiger partial charge in [-0.05, 0) is 40.4 Å². The molecule has 0 saturated heterocycles. The van der Waals surface area contributed by atoms with E-state index in [0.717, 1.165) is 5.56 Å². The van der Waals surface area contributed by atoms with E-state index >= 15 is 0 Å². The van der Waals surface area contributed by atoms with Crippen LogP contribution in [0.25, 0.3) is 0 Å². The molecule has 0 aliphatic carbocycles. The molecule has 0 aliphatic heterocycles. The van der Waals surface area contributed by atoms with Crippen LogP contribution in [0.2, 0.25) is 0 Å². The molecule has 0 aliphatic rings. The summed E-state index contributed by atoms with van der Waals surface area (Å²) in [5.41, 5.74) is 0.753. The molecule has 0 fully saturated rings. The first-order valence-electron chi connectivity index (χ1n) is 5.53. The number of aryl methyl sites for hydroxylation is 1. The molecule has 4 nitrogen and oxygen atoms in total. The van der Waals surface area contributed by atoms with Crippen LogP contribution in [0.4, 0.5) is 0 Å². The Morgan fingerprint density at radius 3 is 2.76 bits per heavy atom.